The second-order valence-electron chi connectivity index (χ2n) is 7.36. The van der Waals surface area contributed by atoms with Gasteiger partial charge in [0.15, 0.2) is 12.0 Å². The molecule has 1 heterocycles. The van der Waals surface area contributed by atoms with Crippen molar-refractivity contribution in [2.45, 2.75) is 4.90 Å². The third kappa shape index (κ3) is 6.49. The van der Waals surface area contributed by atoms with Crippen LogP contribution in [0.15, 0.2) is 47.5 Å². The maximum absolute atomic E-state index is 14.4. The van der Waals surface area contributed by atoms with Crippen molar-refractivity contribution in [3.63, 3.8) is 0 Å². The van der Waals surface area contributed by atoms with Crippen LogP contribution in [0.25, 0.3) is 11.3 Å². The Morgan fingerprint density at radius 3 is 2.42 bits per heavy atom. The Bertz CT molecular complexity index is 1520. The highest BCUT2D eigenvalue weighted by Gasteiger charge is 2.65. The fraction of sp³-hybridized carbons (Fsp3) is 0.100. The van der Waals surface area contributed by atoms with Crippen molar-refractivity contribution < 1.29 is 37.2 Å². The first kappa shape index (κ1) is 26.9. The molecule has 194 valence electrons. The number of hydrogen-bond acceptors (Lipinski definition) is 6. The van der Waals surface area contributed by atoms with E-state index in [4.69, 9.17) is 10.00 Å². The second-order valence-corrected chi connectivity index (χ2v) is 12.0. The summed E-state index contributed by atoms with van der Waals surface area (Å²) in [5.41, 5.74) is -1.62. The summed E-state index contributed by atoms with van der Waals surface area (Å²) in [5.74, 6) is -2.30. The van der Waals surface area contributed by atoms with Gasteiger partial charge in [-0.15, -0.1) is 0 Å². The number of nitrogens with zero attached hydrogens (tertiary/aromatic N) is 3. The Hall–Kier alpha value is -3.71. The average Bonchev–Trinajstić information content (AvgIpc) is 2.73. The summed E-state index contributed by atoms with van der Waals surface area (Å²) in [7, 11) is -12.4. The van der Waals surface area contributed by atoms with E-state index in [1.165, 1.54) is 13.3 Å². The fourth-order valence-electron chi connectivity index (χ4n) is 2.97. The SMILES string of the molecule is COc1cc(F)ccc1-c1nc(Nc2cc(C=S(C)(=O)NC#N)cc(S(F)(F)(F)(F)F)c2)ncc1F. The molecule has 0 saturated heterocycles. The third-order valence-corrected chi connectivity index (χ3v) is 6.75. The van der Waals surface area contributed by atoms with Crippen LogP contribution in [-0.2, 0) is 9.71 Å². The summed E-state index contributed by atoms with van der Waals surface area (Å²) < 4.78 is 115. The van der Waals surface area contributed by atoms with Crippen molar-refractivity contribution in [1.82, 2.24) is 14.7 Å². The van der Waals surface area contributed by atoms with E-state index in [1.54, 1.807) is 0 Å². The second kappa shape index (κ2) is 8.45. The summed E-state index contributed by atoms with van der Waals surface area (Å²) in [6, 6.07) is 4.16. The number of halogens is 7. The topological polar surface area (TPSA) is 99.9 Å². The van der Waals surface area contributed by atoms with Gasteiger partial charge in [0.25, 0.3) is 0 Å². The van der Waals surface area contributed by atoms with Gasteiger partial charge >= 0.3 is 10.2 Å². The number of rotatable bonds is 7. The molecule has 0 saturated carbocycles. The first-order valence-corrected chi connectivity index (χ1v) is 13.4. The first-order valence-electron chi connectivity index (χ1n) is 9.43. The number of anilines is 2. The molecular weight excluding hydrogens is 539 g/mol. The largest absolute Gasteiger partial charge is 0.496 e. The van der Waals surface area contributed by atoms with Crippen molar-refractivity contribution in [2.24, 2.45) is 0 Å². The van der Waals surface area contributed by atoms with Crippen molar-refractivity contribution in [2.75, 3.05) is 18.7 Å². The Morgan fingerprint density at radius 2 is 1.81 bits per heavy atom. The number of ether oxygens (including phenoxy) is 1. The molecule has 0 amide bonds. The highest BCUT2D eigenvalue weighted by molar-refractivity contribution is 8.45. The minimum Gasteiger partial charge on any atom is -0.496 e. The van der Waals surface area contributed by atoms with E-state index in [0.717, 1.165) is 30.5 Å². The average molecular weight is 556 g/mol. The Kier molecular flexibility index (Phi) is 6.31. The van der Waals surface area contributed by atoms with Crippen LogP contribution in [0, 0.1) is 23.1 Å². The minimum absolute atomic E-state index is 0.0232. The number of methoxy groups -OCH3 is 1. The zero-order valence-electron chi connectivity index (χ0n) is 18.2. The molecule has 0 spiro atoms. The van der Waals surface area contributed by atoms with Gasteiger partial charge in [-0.2, -0.15) is 5.26 Å². The van der Waals surface area contributed by atoms with Gasteiger partial charge in [-0.3, -0.25) is 0 Å². The summed E-state index contributed by atoms with van der Waals surface area (Å²) >= 11 is 0. The van der Waals surface area contributed by atoms with Crippen LogP contribution >= 0.6 is 10.2 Å². The molecule has 1 atom stereocenters. The fourth-order valence-corrected chi connectivity index (χ4v) is 4.57. The highest BCUT2D eigenvalue weighted by Crippen LogP contribution is 3.02. The molecule has 2 aromatic carbocycles. The van der Waals surface area contributed by atoms with Crippen LogP contribution in [-0.4, -0.2) is 32.9 Å². The highest BCUT2D eigenvalue weighted by atomic mass is 32.5. The predicted octanol–water partition coefficient (Wildman–Crippen LogP) is 5.88. The molecule has 3 rings (SSSR count). The van der Waals surface area contributed by atoms with E-state index in [0.29, 0.717) is 11.6 Å². The van der Waals surface area contributed by atoms with Gasteiger partial charge in [0.05, 0.1) is 23.0 Å². The van der Waals surface area contributed by atoms with E-state index in [2.05, 4.69) is 15.3 Å². The van der Waals surface area contributed by atoms with E-state index < -0.39 is 59.4 Å². The van der Waals surface area contributed by atoms with Crippen LogP contribution in [0.4, 0.5) is 39.8 Å². The zero-order valence-corrected chi connectivity index (χ0v) is 19.9. The van der Waals surface area contributed by atoms with Gasteiger partial charge < -0.3 is 10.1 Å². The maximum Gasteiger partial charge on any atom is 0.310 e. The van der Waals surface area contributed by atoms with Crippen LogP contribution < -0.4 is 14.8 Å². The molecule has 0 fully saturated rings. The quantitative estimate of drug-likeness (QED) is 0.164. The minimum atomic E-state index is -10.2. The lowest BCUT2D eigenvalue weighted by atomic mass is 10.1. The third-order valence-electron chi connectivity index (χ3n) is 4.40. The molecule has 7 nitrogen and oxygen atoms in total. The number of nitrogens with one attached hydrogen (secondary N) is 2. The molecular formula is C20H16F7N5O2S2. The molecule has 36 heavy (non-hydrogen) atoms. The molecule has 2 N–H and O–H groups in total. The smallest absolute Gasteiger partial charge is 0.310 e. The summed E-state index contributed by atoms with van der Waals surface area (Å²) in [6.07, 6.45) is 2.99. The normalized spacial score (nSPS) is 15.0. The van der Waals surface area contributed by atoms with Crippen molar-refractivity contribution in [1.29, 1.82) is 5.26 Å². The molecule has 0 radical (unpaired) electrons. The molecule has 16 heteroatoms. The van der Waals surface area contributed by atoms with Gasteiger partial charge in [-0.25, -0.2) is 27.7 Å². The summed E-state index contributed by atoms with van der Waals surface area (Å²) in [6.45, 7) is 0. The molecule has 3 aromatic rings. The Morgan fingerprint density at radius 1 is 1.11 bits per heavy atom. The van der Waals surface area contributed by atoms with Crippen molar-refractivity contribution in [3.05, 3.63) is 59.8 Å². The van der Waals surface area contributed by atoms with E-state index in [1.807, 2.05) is 4.72 Å². The Balaban J connectivity index is 2.16. The first-order chi connectivity index (χ1) is 16.4. The van der Waals surface area contributed by atoms with E-state index >= 15 is 0 Å². The van der Waals surface area contributed by atoms with Crippen LogP contribution in [0.5, 0.6) is 5.75 Å². The number of hydrogen-bond donors (Lipinski definition) is 2. The number of aromatic nitrogens is 2. The molecule has 0 aliphatic carbocycles. The Labute approximate surface area is 200 Å². The lowest BCUT2D eigenvalue weighted by Gasteiger charge is -2.40. The molecule has 0 aliphatic heterocycles. The van der Waals surface area contributed by atoms with Crippen LogP contribution in [0.2, 0.25) is 0 Å². The summed E-state index contributed by atoms with van der Waals surface area (Å²) in [5, 5.41) is 11.6. The van der Waals surface area contributed by atoms with Gasteiger partial charge in [0, 0.05) is 28.9 Å². The van der Waals surface area contributed by atoms with Gasteiger partial charge in [-0.1, -0.05) is 19.4 Å². The van der Waals surface area contributed by atoms with E-state index in [-0.39, 0.29) is 23.4 Å². The molecule has 1 aromatic heterocycles. The lowest BCUT2D eigenvalue weighted by Crippen LogP contribution is -2.19. The van der Waals surface area contributed by atoms with Crippen LogP contribution in [0.3, 0.4) is 0 Å². The number of benzene rings is 2. The van der Waals surface area contributed by atoms with Crippen molar-refractivity contribution >= 4 is 36.9 Å². The predicted molar refractivity (Wildman–Crippen MR) is 123 cm³/mol. The molecule has 1 unspecified atom stereocenters. The lowest BCUT2D eigenvalue weighted by molar-refractivity contribution is 0.364. The van der Waals surface area contributed by atoms with E-state index in [9.17, 15) is 32.4 Å². The van der Waals surface area contributed by atoms with Gasteiger partial charge in [0.1, 0.15) is 22.2 Å². The van der Waals surface area contributed by atoms with Crippen molar-refractivity contribution in [3.8, 4) is 23.2 Å². The van der Waals surface area contributed by atoms with Gasteiger partial charge in [0.2, 0.25) is 5.95 Å². The zero-order chi connectivity index (χ0) is 27.0. The van der Waals surface area contributed by atoms with Gasteiger partial charge in [-0.05, 0) is 35.9 Å². The number of nitriles is 1. The summed E-state index contributed by atoms with van der Waals surface area (Å²) in [4.78, 5) is 5.14. The molecule has 0 bridgehead atoms. The maximum atomic E-state index is 14.4. The standard InChI is InChI=1S/C20H16F7N5O2S2/c1-34-18-7-13(21)3-4-16(18)19-17(22)9-29-20(32-19)31-14-5-12(10-35(2,33)30-11-28)6-15(8-14)36(23,24,25,26)27/h3-10H,1-2H3,(H,30,33)(H,29,31,32). The monoisotopic (exact) mass is 555 g/mol. The van der Waals surface area contributed by atoms with Crippen LogP contribution in [0.1, 0.15) is 5.56 Å². The molecule has 0 aliphatic rings.